The summed E-state index contributed by atoms with van der Waals surface area (Å²) in [5.74, 6) is 1.09. The molecular formula is C18H29NO2. The van der Waals surface area contributed by atoms with E-state index in [-0.39, 0.29) is 5.78 Å². The van der Waals surface area contributed by atoms with Gasteiger partial charge in [-0.25, -0.2) is 0 Å². The maximum atomic E-state index is 10.8. The number of ether oxygens (including phenoxy) is 1. The van der Waals surface area contributed by atoms with Crippen molar-refractivity contribution in [3.8, 4) is 5.75 Å². The average Bonchev–Trinajstić information content (AvgIpc) is 2.47. The van der Waals surface area contributed by atoms with E-state index in [0.717, 1.165) is 25.3 Å². The van der Waals surface area contributed by atoms with Crippen LogP contribution in [-0.2, 0) is 11.3 Å². The number of Topliss-reactive ketones (excluding diaryl/α,β-unsaturated/α-hetero) is 1. The van der Waals surface area contributed by atoms with Crippen molar-refractivity contribution in [1.82, 2.24) is 5.32 Å². The molecule has 1 aromatic rings. The van der Waals surface area contributed by atoms with E-state index >= 15 is 0 Å². The minimum Gasteiger partial charge on any atom is -0.494 e. The van der Waals surface area contributed by atoms with Crippen molar-refractivity contribution in [1.29, 1.82) is 0 Å². The summed E-state index contributed by atoms with van der Waals surface area (Å²) >= 11 is 0. The molecule has 0 bridgehead atoms. The van der Waals surface area contributed by atoms with E-state index in [2.05, 4.69) is 12.2 Å². The molecule has 0 heterocycles. The van der Waals surface area contributed by atoms with Crippen LogP contribution in [-0.4, -0.2) is 18.9 Å². The zero-order valence-corrected chi connectivity index (χ0v) is 13.5. The predicted molar refractivity (Wildman–Crippen MR) is 87.7 cm³/mol. The first-order chi connectivity index (χ1) is 10.2. The van der Waals surface area contributed by atoms with Crippen LogP contribution < -0.4 is 10.1 Å². The summed E-state index contributed by atoms with van der Waals surface area (Å²) in [6.45, 7) is 5.77. The molecule has 0 radical (unpaired) electrons. The number of nitrogens with one attached hydrogen (secondary N) is 1. The summed E-state index contributed by atoms with van der Waals surface area (Å²) in [6, 6.07) is 8.09. The van der Waals surface area contributed by atoms with E-state index in [4.69, 9.17) is 4.74 Å². The third-order valence-electron chi connectivity index (χ3n) is 3.39. The molecule has 0 saturated carbocycles. The fourth-order valence-electron chi connectivity index (χ4n) is 2.16. The highest BCUT2D eigenvalue weighted by molar-refractivity contribution is 5.77. The second-order valence-electron chi connectivity index (χ2n) is 5.57. The molecule has 0 spiro atoms. The SMILES string of the molecule is CCCCCCCCOc1ccc(CNCC(C)=O)cc1. The van der Waals surface area contributed by atoms with Gasteiger partial charge in [-0.3, -0.25) is 4.79 Å². The van der Waals surface area contributed by atoms with Crippen LogP contribution in [0.4, 0.5) is 0 Å². The molecule has 21 heavy (non-hydrogen) atoms. The Bertz CT molecular complexity index is 387. The Labute approximate surface area is 129 Å². The normalized spacial score (nSPS) is 10.6. The lowest BCUT2D eigenvalue weighted by Crippen LogP contribution is -2.20. The number of carbonyl (C=O) groups is 1. The van der Waals surface area contributed by atoms with Crippen LogP contribution in [0.25, 0.3) is 0 Å². The van der Waals surface area contributed by atoms with Crippen molar-refractivity contribution in [2.75, 3.05) is 13.2 Å². The first-order valence-corrected chi connectivity index (χ1v) is 8.14. The minimum absolute atomic E-state index is 0.161. The lowest BCUT2D eigenvalue weighted by molar-refractivity contribution is -0.116. The number of benzene rings is 1. The highest BCUT2D eigenvalue weighted by atomic mass is 16.5. The Kier molecular flexibility index (Phi) is 9.55. The van der Waals surface area contributed by atoms with Gasteiger partial charge in [-0.1, -0.05) is 51.2 Å². The van der Waals surface area contributed by atoms with Gasteiger partial charge in [0.15, 0.2) is 0 Å². The van der Waals surface area contributed by atoms with E-state index in [1.165, 1.54) is 37.7 Å². The maximum absolute atomic E-state index is 10.8. The van der Waals surface area contributed by atoms with E-state index < -0.39 is 0 Å². The Morgan fingerprint density at radius 2 is 1.71 bits per heavy atom. The molecule has 0 aliphatic carbocycles. The summed E-state index contributed by atoms with van der Waals surface area (Å²) in [4.78, 5) is 10.8. The molecule has 0 aromatic heterocycles. The van der Waals surface area contributed by atoms with Gasteiger partial charge in [0.2, 0.25) is 0 Å². The second-order valence-corrected chi connectivity index (χ2v) is 5.57. The molecule has 3 heteroatoms. The van der Waals surface area contributed by atoms with Gasteiger partial charge in [0.25, 0.3) is 0 Å². The van der Waals surface area contributed by atoms with Gasteiger partial charge >= 0.3 is 0 Å². The molecule has 0 fully saturated rings. The summed E-state index contributed by atoms with van der Waals surface area (Å²) in [5.41, 5.74) is 1.17. The average molecular weight is 291 g/mol. The fourth-order valence-corrected chi connectivity index (χ4v) is 2.16. The molecule has 0 aliphatic rings. The van der Waals surface area contributed by atoms with Crippen LogP contribution >= 0.6 is 0 Å². The van der Waals surface area contributed by atoms with Gasteiger partial charge in [0.1, 0.15) is 11.5 Å². The van der Waals surface area contributed by atoms with Crippen molar-refractivity contribution in [2.45, 2.75) is 58.9 Å². The molecule has 1 rings (SSSR count). The first kappa shape index (κ1) is 17.7. The van der Waals surface area contributed by atoms with Gasteiger partial charge in [0.05, 0.1) is 13.2 Å². The number of rotatable bonds is 12. The third kappa shape index (κ3) is 9.24. The number of unbranched alkanes of at least 4 members (excludes halogenated alkanes) is 5. The van der Waals surface area contributed by atoms with Gasteiger partial charge in [-0.15, -0.1) is 0 Å². The minimum atomic E-state index is 0.161. The molecule has 1 aromatic carbocycles. The second kappa shape index (κ2) is 11.3. The Balaban J connectivity index is 2.12. The molecule has 0 aliphatic heterocycles. The third-order valence-corrected chi connectivity index (χ3v) is 3.39. The van der Waals surface area contributed by atoms with Gasteiger partial charge in [-0.2, -0.15) is 0 Å². The van der Waals surface area contributed by atoms with Crippen LogP contribution in [0.5, 0.6) is 5.75 Å². The first-order valence-electron chi connectivity index (χ1n) is 8.14. The number of hydrogen-bond acceptors (Lipinski definition) is 3. The molecule has 3 nitrogen and oxygen atoms in total. The largest absolute Gasteiger partial charge is 0.494 e. The van der Waals surface area contributed by atoms with Crippen LogP contribution in [0, 0.1) is 0 Å². The van der Waals surface area contributed by atoms with Crippen LogP contribution in [0.2, 0.25) is 0 Å². The Morgan fingerprint density at radius 1 is 1.05 bits per heavy atom. The topological polar surface area (TPSA) is 38.3 Å². The highest BCUT2D eigenvalue weighted by Gasteiger charge is 1.97. The van der Waals surface area contributed by atoms with Gasteiger partial charge in [-0.05, 0) is 31.0 Å². The molecule has 118 valence electrons. The maximum Gasteiger partial charge on any atom is 0.143 e. The Morgan fingerprint density at radius 3 is 2.38 bits per heavy atom. The summed E-state index contributed by atoms with van der Waals surface area (Å²) in [5, 5.41) is 3.11. The van der Waals surface area contributed by atoms with E-state index in [0.29, 0.717) is 6.54 Å². The van der Waals surface area contributed by atoms with E-state index in [1.54, 1.807) is 6.92 Å². The van der Waals surface area contributed by atoms with Crippen molar-refractivity contribution >= 4 is 5.78 Å². The predicted octanol–water partition coefficient (Wildman–Crippen LogP) is 4.10. The lowest BCUT2D eigenvalue weighted by atomic mass is 10.1. The number of hydrogen-bond donors (Lipinski definition) is 1. The van der Waals surface area contributed by atoms with Crippen LogP contribution in [0.3, 0.4) is 0 Å². The van der Waals surface area contributed by atoms with Crippen LogP contribution in [0.15, 0.2) is 24.3 Å². The van der Waals surface area contributed by atoms with Crippen molar-refractivity contribution in [3.05, 3.63) is 29.8 Å². The standard InChI is InChI=1S/C18H29NO2/c1-3-4-5-6-7-8-13-21-18-11-9-17(10-12-18)15-19-14-16(2)20/h9-12,19H,3-8,13-15H2,1-2H3. The van der Waals surface area contributed by atoms with Gasteiger partial charge in [0, 0.05) is 6.54 Å². The smallest absolute Gasteiger partial charge is 0.143 e. The highest BCUT2D eigenvalue weighted by Crippen LogP contribution is 2.13. The van der Waals surface area contributed by atoms with Crippen molar-refractivity contribution in [2.24, 2.45) is 0 Å². The molecule has 0 unspecified atom stereocenters. The molecular weight excluding hydrogens is 262 g/mol. The summed E-state index contributed by atoms with van der Waals surface area (Å²) in [7, 11) is 0. The summed E-state index contributed by atoms with van der Waals surface area (Å²) < 4.78 is 5.74. The van der Waals surface area contributed by atoms with Gasteiger partial charge < -0.3 is 10.1 Å². The molecule has 0 atom stereocenters. The molecule has 1 N–H and O–H groups in total. The zero-order valence-electron chi connectivity index (χ0n) is 13.5. The van der Waals surface area contributed by atoms with Crippen LogP contribution in [0.1, 0.15) is 57.9 Å². The quantitative estimate of drug-likeness (QED) is 0.589. The molecule has 0 saturated heterocycles. The zero-order chi connectivity index (χ0) is 15.3. The lowest BCUT2D eigenvalue weighted by Gasteiger charge is -2.08. The Hall–Kier alpha value is -1.35. The fraction of sp³-hybridized carbons (Fsp3) is 0.611. The monoisotopic (exact) mass is 291 g/mol. The van der Waals surface area contributed by atoms with Crippen molar-refractivity contribution in [3.63, 3.8) is 0 Å². The summed E-state index contributed by atoms with van der Waals surface area (Å²) in [6.07, 6.45) is 7.69. The van der Waals surface area contributed by atoms with E-state index in [9.17, 15) is 4.79 Å². The van der Waals surface area contributed by atoms with Crippen molar-refractivity contribution < 1.29 is 9.53 Å². The number of ketones is 1. The number of carbonyl (C=O) groups excluding carboxylic acids is 1. The molecule has 0 amide bonds. The van der Waals surface area contributed by atoms with E-state index in [1.807, 2.05) is 24.3 Å².